The van der Waals surface area contributed by atoms with Gasteiger partial charge in [0.2, 0.25) is 0 Å². The molecule has 0 aromatic carbocycles. The molecular weight excluding hydrogens is 312 g/mol. The summed E-state index contributed by atoms with van der Waals surface area (Å²) < 4.78 is 2.05. The molecule has 4 heterocycles. The van der Waals surface area contributed by atoms with Crippen LogP contribution in [0.5, 0.6) is 0 Å². The van der Waals surface area contributed by atoms with Gasteiger partial charge >= 0.3 is 0 Å². The van der Waals surface area contributed by atoms with Gasteiger partial charge in [0.25, 0.3) is 5.91 Å². The smallest absolute Gasteiger partial charge is 0.267 e. The Morgan fingerprint density at radius 1 is 1.24 bits per heavy atom. The second kappa shape index (κ2) is 5.76. The van der Waals surface area contributed by atoms with E-state index in [4.69, 9.17) is 4.98 Å². The highest BCUT2D eigenvalue weighted by Gasteiger charge is 2.23. The minimum absolute atomic E-state index is 0.0150. The van der Waals surface area contributed by atoms with E-state index in [0.717, 1.165) is 48.1 Å². The predicted octanol–water partition coefficient (Wildman–Crippen LogP) is 2.83. The monoisotopic (exact) mass is 334 g/mol. The van der Waals surface area contributed by atoms with Crippen LogP contribution in [-0.4, -0.2) is 28.5 Å². The normalized spacial score (nSPS) is 19.2. The summed E-state index contributed by atoms with van der Waals surface area (Å²) in [7, 11) is 0. The van der Waals surface area contributed by atoms with Crippen LogP contribution in [0.3, 0.4) is 0 Å². The van der Waals surface area contributed by atoms with Crippen LogP contribution in [-0.2, 0) is 13.0 Å². The minimum atomic E-state index is 0.0150. The first-order valence-corrected chi connectivity index (χ1v) is 9.21. The lowest BCUT2D eigenvalue weighted by atomic mass is 9.82. The maximum absolute atomic E-state index is 12.0. The number of nitrogens with zero attached hydrogens (tertiary/aromatic N) is 2. The number of pyridine rings is 1. The summed E-state index contributed by atoms with van der Waals surface area (Å²) >= 11 is 0. The first kappa shape index (κ1) is 14.8. The van der Waals surface area contributed by atoms with Crippen LogP contribution in [0.1, 0.15) is 46.6 Å². The number of hydrogen-bond donors (Lipinski definition) is 2. The van der Waals surface area contributed by atoms with Crippen molar-refractivity contribution in [3.05, 3.63) is 53.0 Å². The number of carbonyl (C=O) groups is 1. The zero-order valence-corrected chi connectivity index (χ0v) is 14.2. The van der Waals surface area contributed by atoms with Crippen LogP contribution >= 0.6 is 0 Å². The Morgan fingerprint density at radius 2 is 2.16 bits per heavy atom. The summed E-state index contributed by atoms with van der Waals surface area (Å²) in [5.41, 5.74) is 5.34. The lowest BCUT2D eigenvalue weighted by Crippen LogP contribution is -2.34. The van der Waals surface area contributed by atoms with Gasteiger partial charge in [0.05, 0.1) is 0 Å². The Labute approximate surface area is 147 Å². The molecule has 1 saturated carbocycles. The molecule has 25 heavy (non-hydrogen) atoms. The van der Waals surface area contributed by atoms with Crippen molar-refractivity contribution >= 4 is 17.3 Å². The molecule has 1 amide bonds. The van der Waals surface area contributed by atoms with Gasteiger partial charge in [-0.25, -0.2) is 4.98 Å². The molecule has 2 aromatic rings. The van der Waals surface area contributed by atoms with Crippen molar-refractivity contribution in [1.82, 2.24) is 14.9 Å². The first-order valence-electron chi connectivity index (χ1n) is 9.21. The van der Waals surface area contributed by atoms with Crippen LogP contribution < -0.4 is 10.6 Å². The molecule has 5 nitrogen and oxygen atoms in total. The second-order valence-electron chi connectivity index (χ2n) is 7.26. The fourth-order valence-corrected chi connectivity index (χ4v) is 4.00. The fourth-order valence-electron chi connectivity index (χ4n) is 4.00. The second-order valence-corrected chi connectivity index (χ2v) is 7.26. The Kier molecular flexibility index (Phi) is 3.40. The van der Waals surface area contributed by atoms with E-state index in [9.17, 15) is 4.79 Å². The van der Waals surface area contributed by atoms with E-state index < -0.39 is 0 Å². The van der Waals surface area contributed by atoms with E-state index in [2.05, 4.69) is 39.6 Å². The highest BCUT2D eigenvalue weighted by molar-refractivity contribution is 5.96. The number of fused-ring (bicyclic) bond motifs is 2. The van der Waals surface area contributed by atoms with E-state index in [0.29, 0.717) is 6.54 Å². The molecule has 1 fully saturated rings. The van der Waals surface area contributed by atoms with Crippen LogP contribution in [0.4, 0.5) is 5.82 Å². The number of hydrogen-bond acceptors (Lipinski definition) is 3. The average Bonchev–Trinajstić information content (AvgIpc) is 3.03. The zero-order chi connectivity index (χ0) is 16.8. The number of nitrogens with one attached hydrogen (secondary N) is 2. The van der Waals surface area contributed by atoms with E-state index >= 15 is 0 Å². The number of aromatic nitrogens is 2. The molecule has 3 aliphatic rings. The molecule has 0 saturated heterocycles. The summed E-state index contributed by atoms with van der Waals surface area (Å²) in [6.07, 6.45) is 9.43. The summed E-state index contributed by atoms with van der Waals surface area (Å²) in [6, 6.07) is 6.35. The third-order valence-electron chi connectivity index (χ3n) is 5.62. The molecule has 2 N–H and O–H groups in total. The van der Waals surface area contributed by atoms with E-state index in [-0.39, 0.29) is 5.91 Å². The molecule has 0 spiro atoms. The highest BCUT2D eigenvalue weighted by atomic mass is 16.2. The molecule has 0 bridgehead atoms. The molecular formula is C20H22N4O. The molecule has 5 rings (SSSR count). The van der Waals surface area contributed by atoms with Crippen molar-refractivity contribution < 1.29 is 4.79 Å². The van der Waals surface area contributed by atoms with Gasteiger partial charge in [-0.2, -0.15) is 0 Å². The Morgan fingerprint density at radius 3 is 2.96 bits per heavy atom. The lowest BCUT2D eigenvalue weighted by Gasteiger charge is -2.25. The van der Waals surface area contributed by atoms with E-state index in [1.807, 2.05) is 6.07 Å². The van der Waals surface area contributed by atoms with Gasteiger partial charge in [0, 0.05) is 42.7 Å². The van der Waals surface area contributed by atoms with Crippen molar-refractivity contribution in [1.29, 1.82) is 0 Å². The number of carbonyl (C=O) groups excluding carboxylic acids is 1. The molecule has 128 valence electrons. The Balaban J connectivity index is 1.48. The molecule has 2 aromatic heterocycles. The largest absolute Gasteiger partial charge is 0.366 e. The first-order chi connectivity index (χ1) is 12.3. The zero-order valence-electron chi connectivity index (χ0n) is 14.2. The van der Waals surface area contributed by atoms with Gasteiger partial charge in [-0.3, -0.25) is 4.79 Å². The molecule has 5 heteroatoms. The quantitative estimate of drug-likeness (QED) is 0.907. The van der Waals surface area contributed by atoms with Crippen LogP contribution in [0.15, 0.2) is 30.5 Å². The van der Waals surface area contributed by atoms with Gasteiger partial charge < -0.3 is 15.2 Å². The van der Waals surface area contributed by atoms with Crippen molar-refractivity contribution in [3.8, 4) is 0 Å². The number of amides is 1. The number of anilines is 1. The average molecular weight is 334 g/mol. The van der Waals surface area contributed by atoms with Crippen molar-refractivity contribution in [2.24, 2.45) is 5.92 Å². The van der Waals surface area contributed by atoms with Crippen molar-refractivity contribution in [2.45, 2.75) is 32.2 Å². The standard InChI is InChI=1S/C20H22N4O/c25-20-18-11-14(12-24(18)9-8-22-20)16-6-7-21-19-17(16)5-4-15(23-19)10-13-2-1-3-13/h4-6,11-13H,1-3,7-10H2,(H,21,23)(H,22,25). The number of rotatable bonds is 3. The van der Waals surface area contributed by atoms with Crippen LogP contribution in [0.25, 0.3) is 5.57 Å². The van der Waals surface area contributed by atoms with E-state index in [1.54, 1.807) is 0 Å². The van der Waals surface area contributed by atoms with Crippen molar-refractivity contribution in [3.63, 3.8) is 0 Å². The Bertz CT molecular complexity index is 876. The van der Waals surface area contributed by atoms with Gasteiger partial charge in [-0.15, -0.1) is 0 Å². The topological polar surface area (TPSA) is 59.0 Å². The fraction of sp³-hybridized carbons (Fsp3) is 0.400. The van der Waals surface area contributed by atoms with Gasteiger partial charge in [0.15, 0.2) is 0 Å². The third kappa shape index (κ3) is 2.54. The third-order valence-corrected chi connectivity index (χ3v) is 5.62. The molecule has 0 atom stereocenters. The van der Waals surface area contributed by atoms with Crippen LogP contribution in [0.2, 0.25) is 0 Å². The van der Waals surface area contributed by atoms with Gasteiger partial charge in [0.1, 0.15) is 11.5 Å². The SMILES string of the molecule is O=C1NCCn2cc(C3=CCNc4nc(CC5CCC5)ccc43)cc21. The van der Waals surface area contributed by atoms with Crippen LogP contribution in [0, 0.1) is 5.92 Å². The highest BCUT2D eigenvalue weighted by Crippen LogP contribution is 2.34. The van der Waals surface area contributed by atoms with Crippen molar-refractivity contribution in [2.75, 3.05) is 18.4 Å². The molecule has 2 aliphatic heterocycles. The molecule has 1 aliphatic carbocycles. The summed E-state index contributed by atoms with van der Waals surface area (Å²) in [5.74, 6) is 1.81. The maximum atomic E-state index is 12.0. The molecule has 0 unspecified atom stereocenters. The summed E-state index contributed by atoms with van der Waals surface area (Å²) in [6.45, 7) is 2.30. The Hall–Kier alpha value is -2.56. The lowest BCUT2D eigenvalue weighted by molar-refractivity contribution is 0.0928. The minimum Gasteiger partial charge on any atom is -0.366 e. The predicted molar refractivity (Wildman–Crippen MR) is 97.6 cm³/mol. The summed E-state index contributed by atoms with van der Waals surface area (Å²) in [4.78, 5) is 16.9. The van der Waals surface area contributed by atoms with Gasteiger partial charge in [-0.1, -0.05) is 25.3 Å². The molecule has 0 radical (unpaired) electrons. The van der Waals surface area contributed by atoms with E-state index in [1.165, 1.54) is 30.5 Å². The van der Waals surface area contributed by atoms with Gasteiger partial charge in [-0.05, 0) is 36.1 Å². The maximum Gasteiger partial charge on any atom is 0.267 e. The summed E-state index contributed by atoms with van der Waals surface area (Å²) in [5, 5.41) is 6.32.